The number of aromatic nitrogens is 2. The van der Waals surface area contributed by atoms with Gasteiger partial charge in [-0.1, -0.05) is 32.1 Å². The predicted molar refractivity (Wildman–Crippen MR) is 82.4 cm³/mol. The lowest BCUT2D eigenvalue weighted by Gasteiger charge is -2.21. The van der Waals surface area contributed by atoms with E-state index in [0.29, 0.717) is 5.75 Å². The summed E-state index contributed by atoms with van der Waals surface area (Å²) in [7, 11) is 1.66. The van der Waals surface area contributed by atoms with E-state index in [0.717, 1.165) is 30.6 Å². The Balaban J connectivity index is 1.89. The molecule has 0 saturated heterocycles. The molecular weight excluding hydrogens is 252 g/mol. The van der Waals surface area contributed by atoms with Gasteiger partial charge < -0.3 is 15.4 Å². The average Bonchev–Trinajstić information content (AvgIpc) is 2.49. The molecule has 1 aliphatic carbocycles. The first-order chi connectivity index (χ1) is 9.85. The normalized spacial score (nSPS) is 15.9. The highest BCUT2D eigenvalue weighted by Gasteiger charge is 2.14. The fraction of sp³-hybridized carbons (Fsp3) is 0.733. The molecule has 0 spiro atoms. The van der Waals surface area contributed by atoms with Crippen molar-refractivity contribution in [2.45, 2.75) is 45.4 Å². The molecule has 1 aromatic heterocycles. The van der Waals surface area contributed by atoms with Crippen molar-refractivity contribution < 1.29 is 4.74 Å². The van der Waals surface area contributed by atoms with Crippen molar-refractivity contribution in [1.29, 1.82) is 0 Å². The lowest BCUT2D eigenvalue weighted by Crippen LogP contribution is -2.14. The first kappa shape index (κ1) is 14.9. The molecule has 0 amide bonds. The van der Waals surface area contributed by atoms with Gasteiger partial charge in [0.1, 0.15) is 6.33 Å². The van der Waals surface area contributed by atoms with Crippen molar-refractivity contribution in [1.82, 2.24) is 9.97 Å². The molecule has 5 nitrogen and oxygen atoms in total. The highest BCUT2D eigenvalue weighted by molar-refractivity contribution is 5.63. The maximum Gasteiger partial charge on any atom is 0.204 e. The Hall–Kier alpha value is -1.52. The molecule has 1 fully saturated rings. The molecule has 1 saturated carbocycles. The zero-order chi connectivity index (χ0) is 14.2. The van der Waals surface area contributed by atoms with E-state index >= 15 is 0 Å². The highest BCUT2D eigenvalue weighted by atomic mass is 16.5. The van der Waals surface area contributed by atoms with Crippen LogP contribution >= 0.6 is 0 Å². The van der Waals surface area contributed by atoms with Gasteiger partial charge in [0.25, 0.3) is 0 Å². The Morgan fingerprint density at radius 1 is 1.15 bits per heavy atom. The van der Waals surface area contributed by atoms with Crippen LogP contribution in [0.25, 0.3) is 0 Å². The summed E-state index contributed by atoms with van der Waals surface area (Å²) in [6, 6.07) is 0. The van der Waals surface area contributed by atoms with Gasteiger partial charge in [-0.25, -0.2) is 9.97 Å². The molecule has 1 heterocycles. The molecule has 20 heavy (non-hydrogen) atoms. The maximum absolute atomic E-state index is 5.42. The zero-order valence-corrected chi connectivity index (χ0v) is 12.6. The first-order valence-corrected chi connectivity index (χ1v) is 7.71. The summed E-state index contributed by atoms with van der Waals surface area (Å²) in [5, 5.41) is 6.59. The monoisotopic (exact) mass is 278 g/mol. The maximum atomic E-state index is 5.42. The van der Waals surface area contributed by atoms with E-state index in [1.54, 1.807) is 13.4 Å². The van der Waals surface area contributed by atoms with Crippen LogP contribution in [0.5, 0.6) is 5.75 Å². The number of hydrogen-bond acceptors (Lipinski definition) is 5. The number of hydrogen-bond donors (Lipinski definition) is 2. The number of nitrogens with zero attached hydrogens (tertiary/aromatic N) is 2. The standard InChI is InChI=1S/C15H26N4O/c1-3-16-14-13(20-2)15(19-11-18-14)17-10-9-12-7-5-4-6-8-12/h11-12H,3-10H2,1-2H3,(H2,16,17,18,19). The van der Waals surface area contributed by atoms with Crippen LogP contribution < -0.4 is 15.4 Å². The number of nitrogens with one attached hydrogen (secondary N) is 2. The number of ether oxygens (including phenoxy) is 1. The minimum atomic E-state index is 0.706. The highest BCUT2D eigenvalue weighted by Crippen LogP contribution is 2.30. The van der Waals surface area contributed by atoms with Crippen molar-refractivity contribution in [3.8, 4) is 5.75 Å². The summed E-state index contributed by atoms with van der Waals surface area (Å²) in [6.07, 6.45) is 9.75. The minimum absolute atomic E-state index is 0.706. The molecule has 0 radical (unpaired) electrons. The van der Waals surface area contributed by atoms with Crippen LogP contribution in [0.4, 0.5) is 11.6 Å². The van der Waals surface area contributed by atoms with Gasteiger partial charge in [0, 0.05) is 13.1 Å². The van der Waals surface area contributed by atoms with E-state index < -0.39 is 0 Å². The Morgan fingerprint density at radius 3 is 2.50 bits per heavy atom. The molecule has 0 unspecified atom stereocenters. The van der Waals surface area contributed by atoms with Crippen LogP contribution in [0, 0.1) is 5.92 Å². The minimum Gasteiger partial charge on any atom is -0.490 e. The van der Waals surface area contributed by atoms with Crippen LogP contribution in [-0.2, 0) is 0 Å². The third kappa shape index (κ3) is 3.99. The second-order valence-electron chi connectivity index (χ2n) is 5.35. The lowest BCUT2D eigenvalue weighted by atomic mass is 9.87. The van der Waals surface area contributed by atoms with E-state index in [4.69, 9.17) is 4.74 Å². The van der Waals surface area contributed by atoms with Gasteiger partial charge in [0.15, 0.2) is 11.6 Å². The van der Waals surface area contributed by atoms with Gasteiger partial charge in [-0.2, -0.15) is 0 Å². The first-order valence-electron chi connectivity index (χ1n) is 7.71. The Morgan fingerprint density at radius 2 is 1.85 bits per heavy atom. The zero-order valence-electron chi connectivity index (χ0n) is 12.6. The van der Waals surface area contributed by atoms with Crippen molar-refractivity contribution in [3.05, 3.63) is 6.33 Å². The van der Waals surface area contributed by atoms with E-state index in [1.807, 2.05) is 6.92 Å². The van der Waals surface area contributed by atoms with Crippen molar-refractivity contribution in [2.75, 3.05) is 30.8 Å². The number of methoxy groups -OCH3 is 1. The molecule has 5 heteroatoms. The third-order valence-corrected chi connectivity index (χ3v) is 3.92. The summed E-state index contributed by atoms with van der Waals surface area (Å²) >= 11 is 0. The van der Waals surface area contributed by atoms with Gasteiger partial charge in [0.2, 0.25) is 5.75 Å². The van der Waals surface area contributed by atoms with Crippen LogP contribution in [-0.4, -0.2) is 30.2 Å². The van der Waals surface area contributed by atoms with Gasteiger partial charge in [0.05, 0.1) is 7.11 Å². The summed E-state index contributed by atoms with van der Waals surface area (Å²) in [5.41, 5.74) is 0. The van der Waals surface area contributed by atoms with Crippen molar-refractivity contribution >= 4 is 11.6 Å². The average molecular weight is 278 g/mol. The molecule has 0 aromatic carbocycles. The van der Waals surface area contributed by atoms with Gasteiger partial charge in [-0.15, -0.1) is 0 Å². The molecule has 0 aliphatic heterocycles. The molecule has 2 N–H and O–H groups in total. The molecule has 0 atom stereocenters. The second-order valence-corrected chi connectivity index (χ2v) is 5.35. The number of rotatable bonds is 7. The van der Waals surface area contributed by atoms with E-state index in [9.17, 15) is 0 Å². The third-order valence-electron chi connectivity index (χ3n) is 3.92. The van der Waals surface area contributed by atoms with Crippen molar-refractivity contribution in [2.24, 2.45) is 5.92 Å². The summed E-state index contributed by atoms with van der Waals surface area (Å²) in [5.74, 6) is 3.12. The quantitative estimate of drug-likeness (QED) is 0.801. The molecule has 0 bridgehead atoms. The largest absolute Gasteiger partial charge is 0.490 e. The van der Waals surface area contributed by atoms with Crippen LogP contribution in [0.15, 0.2) is 6.33 Å². The van der Waals surface area contributed by atoms with Crippen LogP contribution in [0.3, 0.4) is 0 Å². The SMILES string of the molecule is CCNc1ncnc(NCCC2CCCCC2)c1OC. The molecule has 1 aromatic rings. The number of anilines is 2. The molecular formula is C15H26N4O. The van der Waals surface area contributed by atoms with E-state index in [1.165, 1.54) is 38.5 Å². The van der Waals surface area contributed by atoms with Crippen LogP contribution in [0.2, 0.25) is 0 Å². The fourth-order valence-corrected chi connectivity index (χ4v) is 2.86. The van der Waals surface area contributed by atoms with Gasteiger partial charge >= 0.3 is 0 Å². The molecule has 1 aliphatic rings. The van der Waals surface area contributed by atoms with Gasteiger partial charge in [-0.05, 0) is 19.3 Å². The predicted octanol–water partition coefficient (Wildman–Crippen LogP) is 3.30. The Labute approximate surface area is 121 Å². The fourth-order valence-electron chi connectivity index (χ4n) is 2.86. The van der Waals surface area contributed by atoms with Crippen LogP contribution in [0.1, 0.15) is 45.4 Å². The molecule has 2 rings (SSSR count). The second kappa shape index (κ2) is 7.92. The van der Waals surface area contributed by atoms with Crippen molar-refractivity contribution in [3.63, 3.8) is 0 Å². The van der Waals surface area contributed by atoms with Gasteiger partial charge in [-0.3, -0.25) is 0 Å². The smallest absolute Gasteiger partial charge is 0.204 e. The molecule has 112 valence electrons. The summed E-state index contributed by atoms with van der Waals surface area (Å²) < 4.78 is 5.42. The summed E-state index contributed by atoms with van der Waals surface area (Å²) in [4.78, 5) is 8.50. The Bertz CT molecular complexity index is 405. The Kier molecular flexibility index (Phi) is 5.89. The van der Waals surface area contributed by atoms with E-state index in [2.05, 4.69) is 20.6 Å². The lowest BCUT2D eigenvalue weighted by molar-refractivity contribution is 0.345. The summed E-state index contributed by atoms with van der Waals surface area (Å²) in [6.45, 7) is 3.80. The topological polar surface area (TPSA) is 59.1 Å². The van der Waals surface area contributed by atoms with E-state index in [-0.39, 0.29) is 0 Å².